The number of halogens is 1. The van der Waals surface area contributed by atoms with E-state index in [9.17, 15) is 4.79 Å². The summed E-state index contributed by atoms with van der Waals surface area (Å²) in [5.74, 6) is 0.422. The predicted molar refractivity (Wildman–Crippen MR) is 75.7 cm³/mol. The van der Waals surface area contributed by atoms with Crippen molar-refractivity contribution >= 4 is 17.6 Å². The summed E-state index contributed by atoms with van der Waals surface area (Å²) in [5, 5.41) is 0.413. The fourth-order valence-electron chi connectivity index (χ4n) is 1.66. The molecular formula is C15H14ClNO3. The molecular weight excluding hydrogens is 278 g/mol. The lowest BCUT2D eigenvalue weighted by atomic mass is 10.1. The van der Waals surface area contributed by atoms with Crippen molar-refractivity contribution in [3.05, 3.63) is 58.9 Å². The van der Waals surface area contributed by atoms with Crippen LogP contribution in [0.1, 0.15) is 11.1 Å². The summed E-state index contributed by atoms with van der Waals surface area (Å²) < 4.78 is 10.3. The zero-order valence-electron chi connectivity index (χ0n) is 11.0. The fraction of sp³-hybridized carbons (Fsp3) is 0.200. The topological polar surface area (TPSA) is 48.4 Å². The third kappa shape index (κ3) is 4.24. The Balaban J connectivity index is 1.87. The van der Waals surface area contributed by atoms with Crippen LogP contribution in [0.25, 0.3) is 0 Å². The van der Waals surface area contributed by atoms with Crippen LogP contribution in [0.2, 0.25) is 5.15 Å². The maximum Gasteiger partial charge on any atom is 0.310 e. The normalized spacial score (nSPS) is 10.1. The standard InChI is InChI=1S/C15H14ClNO3/c1-19-13-4-2-3-11(7-13)8-15(18)20-10-12-5-6-14(16)17-9-12/h2-7,9H,8,10H2,1H3. The number of carbonyl (C=O) groups is 1. The molecule has 0 saturated heterocycles. The number of pyridine rings is 1. The first-order valence-electron chi connectivity index (χ1n) is 6.06. The van der Waals surface area contributed by atoms with Gasteiger partial charge in [-0.2, -0.15) is 0 Å². The highest BCUT2D eigenvalue weighted by Gasteiger charge is 2.06. The molecule has 0 amide bonds. The van der Waals surface area contributed by atoms with Crippen molar-refractivity contribution in [2.75, 3.05) is 7.11 Å². The highest BCUT2D eigenvalue weighted by atomic mass is 35.5. The molecule has 0 bridgehead atoms. The number of carbonyl (C=O) groups excluding carboxylic acids is 1. The van der Waals surface area contributed by atoms with Crippen LogP contribution < -0.4 is 4.74 Å². The Hall–Kier alpha value is -2.07. The number of esters is 1. The van der Waals surface area contributed by atoms with Gasteiger partial charge in [-0.15, -0.1) is 0 Å². The molecule has 0 fully saturated rings. The van der Waals surface area contributed by atoms with Gasteiger partial charge in [0.15, 0.2) is 0 Å². The Bertz CT molecular complexity index is 584. The second-order valence-corrected chi connectivity index (χ2v) is 4.57. The average Bonchev–Trinajstić information content (AvgIpc) is 2.47. The Morgan fingerprint density at radius 2 is 2.10 bits per heavy atom. The second kappa shape index (κ2) is 6.91. The van der Waals surface area contributed by atoms with Crippen molar-refractivity contribution in [1.82, 2.24) is 4.98 Å². The van der Waals surface area contributed by atoms with E-state index in [0.717, 1.165) is 16.9 Å². The van der Waals surface area contributed by atoms with Crippen LogP contribution in [-0.4, -0.2) is 18.1 Å². The van der Waals surface area contributed by atoms with Crippen LogP contribution in [-0.2, 0) is 22.6 Å². The molecule has 0 saturated carbocycles. The smallest absolute Gasteiger partial charge is 0.310 e. The lowest BCUT2D eigenvalue weighted by Gasteiger charge is -2.06. The van der Waals surface area contributed by atoms with Crippen LogP contribution >= 0.6 is 11.6 Å². The van der Waals surface area contributed by atoms with E-state index in [1.165, 1.54) is 0 Å². The summed E-state index contributed by atoms with van der Waals surface area (Å²) in [7, 11) is 1.59. The molecule has 0 aliphatic heterocycles. The van der Waals surface area contributed by atoms with Gasteiger partial charge in [-0.3, -0.25) is 4.79 Å². The molecule has 0 atom stereocenters. The highest BCUT2D eigenvalue weighted by molar-refractivity contribution is 6.29. The number of ether oxygens (including phenoxy) is 2. The molecule has 1 heterocycles. The van der Waals surface area contributed by atoms with Crippen LogP contribution in [0.15, 0.2) is 42.6 Å². The average molecular weight is 292 g/mol. The summed E-state index contributed by atoms with van der Waals surface area (Å²) in [6.07, 6.45) is 1.79. The van der Waals surface area contributed by atoms with Gasteiger partial charge in [0.2, 0.25) is 0 Å². The summed E-state index contributed by atoms with van der Waals surface area (Å²) in [5.41, 5.74) is 1.65. The lowest BCUT2D eigenvalue weighted by molar-refractivity contribution is -0.144. The Kier molecular flexibility index (Phi) is 4.96. The summed E-state index contributed by atoms with van der Waals surface area (Å²) in [4.78, 5) is 15.7. The lowest BCUT2D eigenvalue weighted by Crippen LogP contribution is -2.08. The molecule has 0 radical (unpaired) electrons. The van der Waals surface area contributed by atoms with Crippen molar-refractivity contribution in [2.45, 2.75) is 13.0 Å². The first-order valence-corrected chi connectivity index (χ1v) is 6.44. The highest BCUT2D eigenvalue weighted by Crippen LogP contribution is 2.13. The third-order valence-electron chi connectivity index (χ3n) is 2.67. The molecule has 1 aromatic heterocycles. The van der Waals surface area contributed by atoms with Gasteiger partial charge in [-0.1, -0.05) is 29.8 Å². The van der Waals surface area contributed by atoms with Crippen LogP contribution in [0, 0.1) is 0 Å². The summed E-state index contributed by atoms with van der Waals surface area (Å²) in [6.45, 7) is 0.187. The van der Waals surface area contributed by atoms with E-state index in [0.29, 0.717) is 5.15 Å². The number of rotatable bonds is 5. The fourth-order valence-corrected chi connectivity index (χ4v) is 1.77. The molecule has 5 heteroatoms. The molecule has 104 valence electrons. The molecule has 0 aliphatic rings. The van der Waals surface area contributed by atoms with E-state index in [2.05, 4.69) is 4.98 Å². The Labute approximate surface area is 122 Å². The first kappa shape index (κ1) is 14.3. The first-order chi connectivity index (χ1) is 9.67. The number of benzene rings is 1. The maximum absolute atomic E-state index is 11.7. The van der Waals surface area contributed by atoms with E-state index < -0.39 is 0 Å². The monoisotopic (exact) mass is 291 g/mol. The van der Waals surface area contributed by atoms with E-state index >= 15 is 0 Å². The van der Waals surface area contributed by atoms with Gasteiger partial charge in [0.1, 0.15) is 17.5 Å². The van der Waals surface area contributed by atoms with Crippen molar-refractivity contribution in [1.29, 1.82) is 0 Å². The van der Waals surface area contributed by atoms with Crippen molar-refractivity contribution < 1.29 is 14.3 Å². The molecule has 0 spiro atoms. The zero-order chi connectivity index (χ0) is 14.4. The van der Waals surface area contributed by atoms with Gasteiger partial charge in [-0.05, 0) is 23.8 Å². The van der Waals surface area contributed by atoms with E-state index in [1.54, 1.807) is 25.4 Å². The van der Waals surface area contributed by atoms with E-state index in [4.69, 9.17) is 21.1 Å². The third-order valence-corrected chi connectivity index (χ3v) is 2.89. The van der Waals surface area contributed by atoms with Gasteiger partial charge >= 0.3 is 5.97 Å². The SMILES string of the molecule is COc1cccc(CC(=O)OCc2ccc(Cl)nc2)c1. The number of nitrogens with zero attached hydrogens (tertiary/aromatic N) is 1. The summed E-state index contributed by atoms with van der Waals surface area (Å²) in [6, 6.07) is 10.8. The van der Waals surface area contributed by atoms with Crippen molar-refractivity contribution in [2.24, 2.45) is 0 Å². The quantitative estimate of drug-likeness (QED) is 0.627. The van der Waals surface area contributed by atoms with Crippen LogP contribution in [0.4, 0.5) is 0 Å². The van der Waals surface area contributed by atoms with Gasteiger partial charge < -0.3 is 9.47 Å². The van der Waals surface area contributed by atoms with Gasteiger partial charge in [0, 0.05) is 11.8 Å². The largest absolute Gasteiger partial charge is 0.497 e. The number of methoxy groups -OCH3 is 1. The number of aromatic nitrogens is 1. The van der Waals surface area contributed by atoms with Gasteiger partial charge in [-0.25, -0.2) is 4.98 Å². The molecule has 1 aromatic carbocycles. The second-order valence-electron chi connectivity index (χ2n) is 4.18. The molecule has 4 nitrogen and oxygen atoms in total. The molecule has 2 rings (SSSR count). The van der Waals surface area contributed by atoms with Crippen LogP contribution in [0.5, 0.6) is 5.75 Å². The minimum absolute atomic E-state index is 0.187. The van der Waals surface area contributed by atoms with E-state index in [1.807, 2.05) is 24.3 Å². The maximum atomic E-state index is 11.7. The van der Waals surface area contributed by atoms with Gasteiger partial charge in [0.05, 0.1) is 13.5 Å². The molecule has 0 aliphatic carbocycles. The van der Waals surface area contributed by atoms with Crippen molar-refractivity contribution in [3.63, 3.8) is 0 Å². The minimum atomic E-state index is -0.298. The Morgan fingerprint density at radius 3 is 2.80 bits per heavy atom. The molecule has 0 N–H and O–H groups in total. The van der Waals surface area contributed by atoms with Crippen molar-refractivity contribution in [3.8, 4) is 5.75 Å². The number of hydrogen-bond acceptors (Lipinski definition) is 4. The molecule has 20 heavy (non-hydrogen) atoms. The minimum Gasteiger partial charge on any atom is -0.497 e. The Morgan fingerprint density at radius 1 is 1.25 bits per heavy atom. The van der Waals surface area contributed by atoms with E-state index in [-0.39, 0.29) is 19.0 Å². The van der Waals surface area contributed by atoms with Crippen LogP contribution in [0.3, 0.4) is 0 Å². The number of hydrogen-bond donors (Lipinski definition) is 0. The summed E-state index contributed by atoms with van der Waals surface area (Å²) >= 11 is 5.68. The zero-order valence-corrected chi connectivity index (χ0v) is 11.8. The predicted octanol–water partition coefficient (Wildman–Crippen LogP) is 3.03. The van der Waals surface area contributed by atoms with Gasteiger partial charge in [0.25, 0.3) is 0 Å². The molecule has 2 aromatic rings. The molecule has 0 unspecified atom stereocenters.